The minimum Gasteiger partial charge on any atom is -0.307 e. The molecule has 0 aliphatic carbocycles. The van der Waals surface area contributed by atoms with Crippen LogP contribution in [-0.2, 0) is 6.18 Å². The second-order valence-electron chi connectivity index (χ2n) is 11.7. The summed E-state index contributed by atoms with van der Waals surface area (Å²) in [7, 11) is 0. The molecule has 0 bridgehead atoms. The monoisotopic (exact) mass is 652 g/mol. The molecule has 9 heteroatoms. The number of aromatic nitrogens is 2. The summed E-state index contributed by atoms with van der Waals surface area (Å²) < 4.78 is 45.1. The minimum absolute atomic E-state index is 0.134. The highest BCUT2D eigenvalue weighted by Gasteiger charge is 2.31. The van der Waals surface area contributed by atoms with Crippen LogP contribution in [0, 0.1) is 40.6 Å². The third-order valence-electron chi connectivity index (χ3n) is 9.06. The number of hydrogen-bond acceptors (Lipinski definition) is 3. The zero-order valence-corrected chi connectivity index (χ0v) is 25.8. The zero-order valence-electron chi connectivity index (χ0n) is 25.8. The van der Waals surface area contributed by atoms with E-state index in [-0.39, 0.29) is 22.4 Å². The van der Waals surface area contributed by atoms with Gasteiger partial charge < -0.3 is 9.13 Å². The first kappa shape index (κ1) is 30.0. The van der Waals surface area contributed by atoms with Crippen LogP contribution in [0.15, 0.2) is 115 Å². The van der Waals surface area contributed by atoms with Crippen molar-refractivity contribution in [3.05, 3.63) is 149 Å². The van der Waals surface area contributed by atoms with Crippen LogP contribution in [-0.4, -0.2) is 9.13 Å². The Labute approximate surface area is 282 Å². The van der Waals surface area contributed by atoms with E-state index in [1.54, 1.807) is 36.4 Å². The van der Waals surface area contributed by atoms with E-state index in [4.69, 9.17) is 6.57 Å². The van der Waals surface area contributed by atoms with Crippen molar-refractivity contribution in [2.24, 2.45) is 0 Å². The summed E-state index contributed by atoms with van der Waals surface area (Å²) in [5, 5.41) is 33.9. The lowest BCUT2D eigenvalue weighted by Gasteiger charge is -2.20. The fourth-order valence-corrected chi connectivity index (χ4v) is 6.88. The standard InChI is InChI=1S/C41H19F3N6/c1-48-34-19-27(41(42,43)44)12-15-28(34)33-20-40(50-36-9-5-3-7-30(36)32-14-11-25(22-46)17-38(32)50)39(18-26(33)23-47)49-35-8-4-2-6-29(35)31-13-10-24(21-45)16-37(31)49/h2-20H. The number of nitrogens with zero attached hydrogens (tertiary/aromatic N) is 6. The molecule has 2 aromatic heterocycles. The Kier molecular flexibility index (Phi) is 6.69. The van der Waals surface area contributed by atoms with E-state index >= 15 is 0 Å². The number of rotatable bonds is 3. The number of hydrogen-bond donors (Lipinski definition) is 0. The minimum atomic E-state index is -4.66. The van der Waals surface area contributed by atoms with Crippen molar-refractivity contribution >= 4 is 49.3 Å². The Morgan fingerprint density at radius 2 is 1.06 bits per heavy atom. The van der Waals surface area contributed by atoms with E-state index < -0.39 is 11.7 Å². The van der Waals surface area contributed by atoms with Gasteiger partial charge in [-0.05, 0) is 65.7 Å². The van der Waals surface area contributed by atoms with Gasteiger partial charge in [0.05, 0.1) is 74.9 Å². The van der Waals surface area contributed by atoms with Gasteiger partial charge in [0.2, 0.25) is 0 Å². The van der Waals surface area contributed by atoms with E-state index in [0.717, 1.165) is 44.7 Å². The highest BCUT2D eigenvalue weighted by molar-refractivity contribution is 6.12. The van der Waals surface area contributed by atoms with Gasteiger partial charge in [-0.3, -0.25) is 0 Å². The second kappa shape index (κ2) is 11.1. The molecule has 0 aliphatic rings. The van der Waals surface area contributed by atoms with E-state index in [1.807, 2.05) is 69.8 Å². The zero-order chi connectivity index (χ0) is 34.7. The molecule has 8 aromatic rings. The molecule has 6 nitrogen and oxygen atoms in total. The summed E-state index contributed by atoms with van der Waals surface area (Å²) in [6, 6.07) is 39.3. The lowest BCUT2D eigenvalue weighted by Crippen LogP contribution is -2.06. The van der Waals surface area contributed by atoms with Gasteiger partial charge in [-0.15, -0.1) is 0 Å². The summed E-state index contributed by atoms with van der Waals surface area (Å²) in [6.45, 7) is 7.80. The van der Waals surface area contributed by atoms with Crippen LogP contribution in [0.3, 0.4) is 0 Å². The maximum absolute atomic E-state index is 13.7. The van der Waals surface area contributed by atoms with E-state index in [9.17, 15) is 29.0 Å². The first-order valence-corrected chi connectivity index (χ1v) is 15.3. The van der Waals surface area contributed by atoms with Crippen LogP contribution < -0.4 is 0 Å². The van der Waals surface area contributed by atoms with E-state index in [1.165, 1.54) is 6.07 Å². The van der Waals surface area contributed by atoms with Gasteiger partial charge in [-0.2, -0.15) is 29.0 Å². The van der Waals surface area contributed by atoms with Crippen molar-refractivity contribution in [2.45, 2.75) is 6.18 Å². The van der Waals surface area contributed by atoms with Crippen molar-refractivity contribution in [3.63, 3.8) is 0 Å². The maximum Gasteiger partial charge on any atom is 0.415 e. The van der Waals surface area contributed by atoms with Crippen LogP contribution >= 0.6 is 0 Å². The lowest BCUT2D eigenvalue weighted by atomic mass is 9.95. The molecule has 0 unspecified atom stereocenters. The third kappa shape index (κ3) is 4.47. The fraction of sp³-hybridized carbons (Fsp3) is 0.0244. The van der Waals surface area contributed by atoms with Crippen LogP contribution in [0.25, 0.3) is 71.0 Å². The molecule has 0 amide bonds. The molecule has 50 heavy (non-hydrogen) atoms. The quantitative estimate of drug-likeness (QED) is 0.178. The maximum atomic E-state index is 13.7. The number of nitriles is 3. The Morgan fingerprint density at radius 3 is 1.56 bits per heavy atom. The SMILES string of the molecule is [C-]#[N+]c1cc(C(F)(F)F)ccc1-c1cc(-n2c3ccccc3c3ccc(C#N)cc32)c(-n2c3ccccc3c3ccc(C#N)cc32)cc1C#N. The van der Waals surface area contributed by atoms with Crippen LogP contribution in [0.1, 0.15) is 22.3 Å². The van der Waals surface area contributed by atoms with Crippen molar-refractivity contribution in [3.8, 4) is 40.7 Å². The molecule has 0 fully saturated rings. The Hall–Kier alpha value is -7.33. The smallest absolute Gasteiger partial charge is 0.307 e. The van der Waals surface area contributed by atoms with Gasteiger partial charge in [0.15, 0.2) is 5.69 Å². The molecule has 8 rings (SSSR count). The molecule has 2 heterocycles. The summed E-state index contributed by atoms with van der Waals surface area (Å²) in [4.78, 5) is 3.45. The van der Waals surface area contributed by atoms with Crippen LogP contribution in [0.4, 0.5) is 18.9 Å². The molecule has 0 N–H and O–H groups in total. The highest BCUT2D eigenvalue weighted by Crippen LogP contribution is 2.44. The highest BCUT2D eigenvalue weighted by atomic mass is 19.4. The predicted octanol–water partition coefficient (Wildman–Crippen LogP) is 10.7. The average molecular weight is 653 g/mol. The number of alkyl halides is 3. The molecule has 0 aliphatic heterocycles. The molecule has 0 saturated heterocycles. The topological polar surface area (TPSA) is 85.6 Å². The molecule has 6 aromatic carbocycles. The first-order chi connectivity index (χ1) is 24.2. The predicted molar refractivity (Wildman–Crippen MR) is 186 cm³/mol. The Morgan fingerprint density at radius 1 is 0.540 bits per heavy atom. The molecular formula is C41H19F3N6. The molecular weight excluding hydrogens is 633 g/mol. The molecule has 234 valence electrons. The lowest BCUT2D eigenvalue weighted by molar-refractivity contribution is -0.137. The molecule has 0 radical (unpaired) electrons. The number of para-hydroxylation sites is 2. The normalized spacial score (nSPS) is 11.4. The largest absolute Gasteiger partial charge is 0.415 e. The van der Waals surface area contributed by atoms with Gasteiger partial charge in [0, 0.05) is 27.1 Å². The van der Waals surface area contributed by atoms with Crippen molar-refractivity contribution < 1.29 is 13.2 Å². The van der Waals surface area contributed by atoms with Crippen molar-refractivity contribution in [1.82, 2.24) is 9.13 Å². The van der Waals surface area contributed by atoms with Gasteiger partial charge >= 0.3 is 6.18 Å². The Balaban J connectivity index is 1.58. The third-order valence-corrected chi connectivity index (χ3v) is 9.06. The average Bonchev–Trinajstić information content (AvgIpc) is 3.65. The number of benzene rings is 6. The second-order valence-corrected chi connectivity index (χ2v) is 11.7. The first-order valence-electron chi connectivity index (χ1n) is 15.3. The number of halogens is 3. The molecule has 0 saturated carbocycles. The summed E-state index contributed by atoms with van der Waals surface area (Å²) in [5.41, 5.74) is 4.28. The van der Waals surface area contributed by atoms with Gasteiger partial charge in [-0.25, -0.2) is 4.85 Å². The van der Waals surface area contributed by atoms with Gasteiger partial charge in [0.1, 0.15) is 0 Å². The van der Waals surface area contributed by atoms with E-state index in [2.05, 4.69) is 23.1 Å². The summed E-state index contributed by atoms with van der Waals surface area (Å²) in [6.07, 6.45) is -4.66. The van der Waals surface area contributed by atoms with E-state index in [0.29, 0.717) is 33.5 Å². The van der Waals surface area contributed by atoms with Crippen LogP contribution in [0.5, 0.6) is 0 Å². The number of fused-ring (bicyclic) bond motifs is 6. The van der Waals surface area contributed by atoms with Gasteiger partial charge in [-0.1, -0.05) is 60.7 Å². The van der Waals surface area contributed by atoms with Crippen LogP contribution in [0.2, 0.25) is 0 Å². The van der Waals surface area contributed by atoms with Crippen molar-refractivity contribution in [2.75, 3.05) is 0 Å². The molecule has 0 spiro atoms. The van der Waals surface area contributed by atoms with Gasteiger partial charge in [0.25, 0.3) is 0 Å². The van der Waals surface area contributed by atoms with Crippen molar-refractivity contribution in [1.29, 1.82) is 15.8 Å². The summed E-state index contributed by atoms with van der Waals surface area (Å²) in [5.74, 6) is 0. The molecule has 0 atom stereocenters. The fourth-order valence-electron chi connectivity index (χ4n) is 6.88. The summed E-state index contributed by atoms with van der Waals surface area (Å²) >= 11 is 0. The Bertz CT molecular complexity index is 2920.